The fourth-order valence-electron chi connectivity index (χ4n) is 4.57. The Bertz CT molecular complexity index is 1410. The number of aliphatic hydroxyl groups excluding tert-OH is 1. The number of hydrogen-bond acceptors (Lipinski definition) is 7. The molecule has 2 unspecified atom stereocenters. The molecule has 0 aliphatic carbocycles. The van der Waals surface area contributed by atoms with Gasteiger partial charge in [-0.15, -0.1) is 0 Å². The third kappa shape index (κ3) is 8.73. The van der Waals surface area contributed by atoms with Crippen molar-refractivity contribution < 1.29 is 33.8 Å². The molecule has 43 heavy (non-hydrogen) atoms. The number of benzene rings is 3. The minimum absolute atomic E-state index is 0.0242. The number of hydrogen-bond donors (Lipinski definition) is 4. The van der Waals surface area contributed by atoms with Crippen molar-refractivity contribution in [2.75, 3.05) is 19.8 Å². The molecule has 0 aromatic heterocycles. The summed E-state index contributed by atoms with van der Waals surface area (Å²) in [7, 11) is 0. The average molecular weight is 588 g/mol. The fraction of sp³-hybridized carbons (Fsp3) is 0.333. The van der Waals surface area contributed by atoms with Crippen molar-refractivity contribution in [2.45, 2.75) is 44.6 Å². The molecule has 1 heterocycles. The van der Waals surface area contributed by atoms with E-state index in [9.17, 15) is 24.3 Å². The van der Waals surface area contributed by atoms with Gasteiger partial charge in [0.2, 0.25) is 5.91 Å². The van der Waals surface area contributed by atoms with E-state index in [1.807, 2.05) is 80.6 Å². The molecule has 1 fully saturated rings. The van der Waals surface area contributed by atoms with Gasteiger partial charge in [0.1, 0.15) is 12.6 Å². The van der Waals surface area contributed by atoms with Crippen LogP contribution in [0, 0.1) is 5.92 Å². The Hall–Kier alpha value is -4.54. The van der Waals surface area contributed by atoms with E-state index in [0.29, 0.717) is 12.0 Å². The Balaban J connectivity index is 1.49. The van der Waals surface area contributed by atoms with Gasteiger partial charge in [-0.25, -0.2) is 4.79 Å². The molecule has 3 atom stereocenters. The Morgan fingerprint density at radius 3 is 2.16 bits per heavy atom. The molecular formula is C33H37N3O7. The van der Waals surface area contributed by atoms with Crippen LogP contribution in [0.25, 0.3) is 11.1 Å². The molecule has 0 spiro atoms. The van der Waals surface area contributed by atoms with Crippen LogP contribution in [0.5, 0.6) is 0 Å². The maximum absolute atomic E-state index is 13.5. The third-order valence-corrected chi connectivity index (χ3v) is 7.05. The van der Waals surface area contributed by atoms with Crippen LogP contribution >= 0.6 is 0 Å². The molecule has 1 aliphatic heterocycles. The lowest BCUT2D eigenvalue weighted by atomic mass is 9.92. The minimum Gasteiger partial charge on any atom is -0.445 e. The zero-order chi connectivity index (χ0) is 30.8. The molecule has 3 amide bonds. The van der Waals surface area contributed by atoms with Crippen molar-refractivity contribution in [3.8, 4) is 11.1 Å². The van der Waals surface area contributed by atoms with Gasteiger partial charge in [0, 0.05) is 5.56 Å². The van der Waals surface area contributed by atoms with Gasteiger partial charge >= 0.3 is 6.09 Å². The quantitative estimate of drug-likeness (QED) is 0.212. The monoisotopic (exact) mass is 587 g/mol. The molecular weight excluding hydrogens is 550 g/mol. The Labute approximate surface area is 250 Å². The second kappa shape index (κ2) is 14.6. The Morgan fingerprint density at radius 2 is 1.53 bits per heavy atom. The smallest absolute Gasteiger partial charge is 0.407 e. The van der Waals surface area contributed by atoms with Crippen LogP contribution in [-0.4, -0.2) is 66.2 Å². The van der Waals surface area contributed by atoms with Gasteiger partial charge in [0.05, 0.1) is 25.8 Å². The van der Waals surface area contributed by atoms with E-state index in [1.54, 1.807) is 18.2 Å². The van der Waals surface area contributed by atoms with Crippen LogP contribution < -0.4 is 16.0 Å². The summed E-state index contributed by atoms with van der Waals surface area (Å²) in [5.74, 6) is -1.62. The topological polar surface area (TPSA) is 146 Å². The third-order valence-electron chi connectivity index (χ3n) is 7.05. The van der Waals surface area contributed by atoms with Crippen molar-refractivity contribution in [3.05, 3.63) is 96.1 Å². The van der Waals surface area contributed by atoms with Gasteiger partial charge in [-0.05, 0) is 41.2 Å². The number of aliphatic hydroxyl groups is 1. The first kappa shape index (κ1) is 31.4. The van der Waals surface area contributed by atoms with Gasteiger partial charge < -0.3 is 30.5 Å². The maximum atomic E-state index is 13.5. The van der Waals surface area contributed by atoms with Crippen LogP contribution in [0.15, 0.2) is 84.9 Å². The van der Waals surface area contributed by atoms with E-state index in [2.05, 4.69) is 16.0 Å². The number of amides is 3. The molecule has 1 saturated heterocycles. The van der Waals surface area contributed by atoms with Gasteiger partial charge in [-0.1, -0.05) is 86.6 Å². The van der Waals surface area contributed by atoms with E-state index in [-0.39, 0.29) is 25.7 Å². The Kier molecular flexibility index (Phi) is 10.6. The van der Waals surface area contributed by atoms with E-state index in [0.717, 1.165) is 16.7 Å². The summed E-state index contributed by atoms with van der Waals surface area (Å²) in [6.45, 7) is 3.09. The van der Waals surface area contributed by atoms with Gasteiger partial charge in [-0.3, -0.25) is 14.4 Å². The van der Waals surface area contributed by atoms with E-state index >= 15 is 0 Å². The highest BCUT2D eigenvalue weighted by Crippen LogP contribution is 2.30. The molecule has 4 N–H and O–H groups in total. The average Bonchev–Trinajstić information content (AvgIpc) is 3.83. The second-order valence-corrected chi connectivity index (χ2v) is 10.9. The van der Waals surface area contributed by atoms with Crippen molar-refractivity contribution in [1.82, 2.24) is 16.0 Å². The number of ketones is 1. The van der Waals surface area contributed by atoms with E-state index in [4.69, 9.17) is 9.47 Å². The highest BCUT2D eigenvalue weighted by Gasteiger charge is 2.54. The molecule has 3 aromatic rings. The van der Waals surface area contributed by atoms with Gasteiger partial charge in [0.15, 0.2) is 11.4 Å². The largest absolute Gasteiger partial charge is 0.445 e. The lowest BCUT2D eigenvalue weighted by molar-refractivity contribution is -0.132. The Morgan fingerprint density at radius 1 is 0.884 bits per heavy atom. The first-order valence-corrected chi connectivity index (χ1v) is 14.2. The molecule has 1 aliphatic rings. The second-order valence-electron chi connectivity index (χ2n) is 10.9. The number of rotatable bonds is 14. The first-order chi connectivity index (χ1) is 20.7. The number of Topliss-reactive ketones (excluding diaryl/α,β-unsaturated/α-hetero) is 1. The molecule has 4 rings (SSSR count). The number of carbonyl (C=O) groups is 4. The molecule has 10 heteroatoms. The summed E-state index contributed by atoms with van der Waals surface area (Å²) in [6.07, 6.45) is -0.482. The number of ether oxygens (including phenoxy) is 2. The van der Waals surface area contributed by atoms with Crippen molar-refractivity contribution >= 4 is 23.7 Å². The zero-order valence-corrected chi connectivity index (χ0v) is 24.2. The zero-order valence-electron chi connectivity index (χ0n) is 24.2. The molecule has 226 valence electrons. The predicted octanol–water partition coefficient (Wildman–Crippen LogP) is 3.24. The van der Waals surface area contributed by atoms with Crippen molar-refractivity contribution in [2.24, 2.45) is 5.92 Å². The first-order valence-electron chi connectivity index (χ1n) is 14.2. The van der Waals surface area contributed by atoms with E-state index in [1.165, 1.54) is 0 Å². The normalized spacial score (nSPS) is 16.9. The number of carbonyl (C=O) groups excluding carboxylic acids is 4. The number of alkyl carbamates (subject to hydrolysis) is 1. The summed E-state index contributed by atoms with van der Waals surface area (Å²) in [5, 5.41) is 17.7. The van der Waals surface area contributed by atoms with Crippen LogP contribution in [-0.2, 0) is 25.7 Å². The van der Waals surface area contributed by atoms with Gasteiger partial charge in [-0.2, -0.15) is 0 Å². The molecule has 0 radical (unpaired) electrons. The van der Waals surface area contributed by atoms with Crippen molar-refractivity contribution in [3.63, 3.8) is 0 Å². The molecule has 0 saturated carbocycles. The number of nitrogens with one attached hydrogen (secondary N) is 3. The SMILES string of the molecule is CC(C)CC(NC(=O)[C@H](CNC(=O)OCc1ccccc1)NC(=O)c1cccc(-c2ccccc2)c1)C(=O)C1(CO)CO1. The highest BCUT2D eigenvalue weighted by atomic mass is 16.6. The summed E-state index contributed by atoms with van der Waals surface area (Å²) >= 11 is 0. The predicted molar refractivity (Wildman–Crippen MR) is 160 cm³/mol. The molecule has 0 bridgehead atoms. The maximum Gasteiger partial charge on any atom is 0.407 e. The molecule has 3 aromatic carbocycles. The van der Waals surface area contributed by atoms with Crippen LogP contribution in [0.2, 0.25) is 0 Å². The molecule has 10 nitrogen and oxygen atoms in total. The fourth-order valence-corrected chi connectivity index (χ4v) is 4.57. The summed E-state index contributed by atoms with van der Waals surface area (Å²) in [5.41, 5.74) is 1.51. The van der Waals surface area contributed by atoms with E-state index < -0.39 is 48.0 Å². The van der Waals surface area contributed by atoms with Gasteiger partial charge in [0.25, 0.3) is 5.91 Å². The summed E-state index contributed by atoms with van der Waals surface area (Å²) in [4.78, 5) is 52.6. The summed E-state index contributed by atoms with van der Waals surface area (Å²) < 4.78 is 10.5. The lowest BCUT2D eigenvalue weighted by Gasteiger charge is -2.25. The van der Waals surface area contributed by atoms with Crippen LogP contribution in [0.4, 0.5) is 4.79 Å². The van der Waals surface area contributed by atoms with Crippen LogP contribution in [0.3, 0.4) is 0 Å². The van der Waals surface area contributed by atoms with Crippen molar-refractivity contribution in [1.29, 1.82) is 0 Å². The lowest BCUT2D eigenvalue weighted by Crippen LogP contribution is -2.57. The number of epoxide rings is 1. The van der Waals surface area contributed by atoms with Crippen LogP contribution in [0.1, 0.15) is 36.2 Å². The standard InChI is InChI=1S/C33H37N3O7/c1-22(2)16-27(29(38)33(20-37)21-43-33)35-31(40)28(18-34-32(41)42-19-23-10-5-3-6-11-23)36-30(39)26-15-9-14-25(17-26)24-12-7-4-8-13-24/h3-15,17,22,27-28,37H,16,18-21H2,1-2H3,(H,34,41)(H,35,40)(H,36,39)/t27?,28-,33?/m0/s1. The highest BCUT2D eigenvalue weighted by molar-refractivity contribution is 6.01. The summed E-state index contributed by atoms with van der Waals surface area (Å²) in [6, 6.07) is 23.4. The minimum atomic E-state index is -1.33.